The molecule has 3 N–H and O–H groups in total. The van der Waals surface area contributed by atoms with E-state index in [0.717, 1.165) is 11.4 Å². The lowest BCUT2D eigenvalue weighted by Crippen LogP contribution is -2.04. The van der Waals surface area contributed by atoms with Crippen LogP contribution >= 0.6 is 0 Å². The van der Waals surface area contributed by atoms with Gasteiger partial charge in [0.1, 0.15) is 0 Å². The summed E-state index contributed by atoms with van der Waals surface area (Å²) >= 11 is 0. The molecule has 0 bridgehead atoms. The Hall–Kier alpha value is -2.49. The summed E-state index contributed by atoms with van der Waals surface area (Å²) in [6.45, 7) is 4.29. The van der Waals surface area contributed by atoms with E-state index in [-0.39, 0.29) is 0 Å². The van der Waals surface area contributed by atoms with E-state index in [2.05, 4.69) is 30.0 Å². The number of methoxy groups -OCH3 is 1. The van der Waals surface area contributed by atoms with Gasteiger partial charge < -0.3 is 15.8 Å². The molecular weight excluding hydrogens is 264 g/mol. The maximum atomic E-state index is 11.5. The summed E-state index contributed by atoms with van der Waals surface area (Å²) in [6, 6.07) is 13.2. The number of ether oxygens (including phenoxy) is 1. The molecule has 0 aliphatic heterocycles. The van der Waals surface area contributed by atoms with Gasteiger partial charge in [0.25, 0.3) is 0 Å². The number of hydrogen-bond acceptors (Lipinski definition) is 4. The quantitative estimate of drug-likeness (QED) is 0.659. The molecule has 0 heterocycles. The zero-order valence-electron chi connectivity index (χ0n) is 12.5. The highest BCUT2D eigenvalue weighted by Crippen LogP contribution is 2.29. The van der Waals surface area contributed by atoms with Crippen molar-refractivity contribution in [1.29, 1.82) is 0 Å². The predicted molar refractivity (Wildman–Crippen MR) is 86.0 cm³/mol. The van der Waals surface area contributed by atoms with Gasteiger partial charge in [-0.05, 0) is 35.7 Å². The van der Waals surface area contributed by atoms with E-state index in [9.17, 15) is 4.79 Å². The lowest BCUT2D eigenvalue weighted by Gasteiger charge is -2.16. The van der Waals surface area contributed by atoms with Gasteiger partial charge in [0, 0.05) is 5.69 Å². The lowest BCUT2D eigenvalue weighted by atomic mass is 10.0. The minimum Gasteiger partial charge on any atom is -0.465 e. The number of rotatable bonds is 4. The Morgan fingerprint density at radius 1 is 1.14 bits per heavy atom. The van der Waals surface area contributed by atoms with Crippen molar-refractivity contribution in [3.63, 3.8) is 0 Å². The van der Waals surface area contributed by atoms with Crippen molar-refractivity contribution >= 4 is 23.0 Å². The third-order valence-electron chi connectivity index (χ3n) is 3.32. The van der Waals surface area contributed by atoms with Crippen LogP contribution in [-0.2, 0) is 4.74 Å². The van der Waals surface area contributed by atoms with Crippen LogP contribution in [0.5, 0.6) is 0 Å². The molecule has 0 spiro atoms. The second-order valence-electron chi connectivity index (χ2n) is 5.16. The predicted octanol–water partition coefficient (Wildman–Crippen LogP) is 3.92. The summed E-state index contributed by atoms with van der Waals surface area (Å²) in [6.07, 6.45) is 0. The standard InChI is InChI=1S/C17H20N2O2/c1-11(2)13-6-4-5-7-15(13)19-16-9-8-12(10-14(16)18)17(20)21-3/h4-11,19H,18H2,1-3H3. The normalized spacial score (nSPS) is 10.5. The summed E-state index contributed by atoms with van der Waals surface area (Å²) in [5, 5.41) is 3.33. The number of nitrogens with two attached hydrogens (primary N) is 1. The lowest BCUT2D eigenvalue weighted by molar-refractivity contribution is 0.0601. The third-order valence-corrected chi connectivity index (χ3v) is 3.32. The van der Waals surface area contributed by atoms with Gasteiger partial charge in [0.2, 0.25) is 0 Å². The van der Waals surface area contributed by atoms with E-state index in [4.69, 9.17) is 5.73 Å². The van der Waals surface area contributed by atoms with Crippen molar-refractivity contribution in [1.82, 2.24) is 0 Å². The van der Waals surface area contributed by atoms with Gasteiger partial charge in [0.05, 0.1) is 24.0 Å². The second-order valence-corrected chi connectivity index (χ2v) is 5.16. The Morgan fingerprint density at radius 2 is 1.86 bits per heavy atom. The Balaban J connectivity index is 2.31. The van der Waals surface area contributed by atoms with Gasteiger partial charge in [0.15, 0.2) is 0 Å². The fraction of sp³-hybridized carbons (Fsp3) is 0.235. The van der Waals surface area contributed by atoms with Crippen LogP contribution in [0.1, 0.15) is 35.7 Å². The fourth-order valence-electron chi connectivity index (χ4n) is 2.18. The van der Waals surface area contributed by atoms with E-state index in [0.29, 0.717) is 17.2 Å². The number of para-hydroxylation sites is 1. The number of carbonyl (C=O) groups is 1. The zero-order valence-corrected chi connectivity index (χ0v) is 12.5. The Kier molecular flexibility index (Phi) is 4.48. The highest BCUT2D eigenvalue weighted by Gasteiger charge is 2.10. The maximum Gasteiger partial charge on any atom is 0.337 e. The number of nitrogens with one attached hydrogen (secondary N) is 1. The van der Waals surface area contributed by atoms with Crippen LogP contribution in [0.4, 0.5) is 17.1 Å². The van der Waals surface area contributed by atoms with Crippen molar-refractivity contribution in [2.75, 3.05) is 18.2 Å². The van der Waals surface area contributed by atoms with Crippen LogP contribution in [0.3, 0.4) is 0 Å². The summed E-state index contributed by atoms with van der Waals surface area (Å²) in [5.41, 5.74) is 9.98. The van der Waals surface area contributed by atoms with E-state index in [1.54, 1.807) is 18.2 Å². The molecule has 0 saturated heterocycles. The second kappa shape index (κ2) is 6.31. The third kappa shape index (κ3) is 3.34. The molecule has 2 aromatic carbocycles. The van der Waals surface area contributed by atoms with Crippen LogP contribution < -0.4 is 11.1 Å². The molecule has 0 saturated carbocycles. The van der Waals surface area contributed by atoms with Crippen LogP contribution in [-0.4, -0.2) is 13.1 Å². The van der Waals surface area contributed by atoms with E-state index >= 15 is 0 Å². The fourth-order valence-corrected chi connectivity index (χ4v) is 2.18. The van der Waals surface area contributed by atoms with Gasteiger partial charge in [-0.15, -0.1) is 0 Å². The molecule has 2 rings (SSSR count). The average molecular weight is 284 g/mol. The van der Waals surface area contributed by atoms with Gasteiger partial charge in [-0.2, -0.15) is 0 Å². The molecule has 4 heteroatoms. The molecule has 0 amide bonds. The van der Waals surface area contributed by atoms with Crippen LogP contribution in [0.15, 0.2) is 42.5 Å². The molecule has 0 fully saturated rings. The zero-order chi connectivity index (χ0) is 15.4. The van der Waals surface area contributed by atoms with E-state index < -0.39 is 5.97 Å². The van der Waals surface area contributed by atoms with Crippen LogP contribution in [0.2, 0.25) is 0 Å². The van der Waals surface area contributed by atoms with Crippen molar-refractivity contribution in [2.45, 2.75) is 19.8 Å². The van der Waals surface area contributed by atoms with Crippen LogP contribution in [0, 0.1) is 0 Å². The summed E-state index contributed by atoms with van der Waals surface area (Å²) < 4.78 is 4.69. The molecule has 2 aromatic rings. The van der Waals surface area contributed by atoms with Gasteiger partial charge >= 0.3 is 5.97 Å². The van der Waals surface area contributed by atoms with Gasteiger partial charge in [-0.3, -0.25) is 0 Å². The topological polar surface area (TPSA) is 64.3 Å². The Labute approximate surface area is 124 Å². The minimum atomic E-state index is -0.393. The summed E-state index contributed by atoms with van der Waals surface area (Å²) in [5.74, 6) is 0.0140. The number of benzene rings is 2. The van der Waals surface area contributed by atoms with Gasteiger partial charge in [-0.1, -0.05) is 32.0 Å². The smallest absolute Gasteiger partial charge is 0.337 e. The molecule has 21 heavy (non-hydrogen) atoms. The Bertz CT molecular complexity index is 651. The van der Waals surface area contributed by atoms with E-state index in [1.807, 2.05) is 18.2 Å². The van der Waals surface area contributed by atoms with Crippen LogP contribution in [0.25, 0.3) is 0 Å². The molecular formula is C17H20N2O2. The number of esters is 1. The number of nitrogen functional groups attached to an aromatic ring is 1. The minimum absolute atomic E-state index is 0.393. The molecule has 0 aliphatic carbocycles. The maximum absolute atomic E-state index is 11.5. The SMILES string of the molecule is COC(=O)c1ccc(Nc2ccccc2C(C)C)c(N)c1. The molecule has 0 unspecified atom stereocenters. The first kappa shape index (κ1) is 14.9. The number of carbonyl (C=O) groups excluding carboxylic acids is 1. The first-order chi connectivity index (χ1) is 10.0. The van der Waals surface area contributed by atoms with Crippen molar-refractivity contribution in [3.8, 4) is 0 Å². The monoisotopic (exact) mass is 284 g/mol. The average Bonchev–Trinajstić information content (AvgIpc) is 2.48. The molecule has 0 aromatic heterocycles. The van der Waals surface area contributed by atoms with Crippen molar-refractivity contribution in [3.05, 3.63) is 53.6 Å². The summed E-state index contributed by atoms with van der Waals surface area (Å²) in [4.78, 5) is 11.5. The Morgan fingerprint density at radius 3 is 2.48 bits per heavy atom. The first-order valence-electron chi connectivity index (χ1n) is 6.86. The number of hydrogen-bond donors (Lipinski definition) is 2. The van der Waals surface area contributed by atoms with E-state index in [1.165, 1.54) is 12.7 Å². The van der Waals surface area contributed by atoms with Crippen molar-refractivity contribution < 1.29 is 9.53 Å². The highest BCUT2D eigenvalue weighted by atomic mass is 16.5. The first-order valence-corrected chi connectivity index (χ1v) is 6.86. The molecule has 0 aliphatic rings. The van der Waals surface area contributed by atoms with Gasteiger partial charge in [-0.25, -0.2) is 4.79 Å². The molecule has 110 valence electrons. The number of anilines is 3. The summed E-state index contributed by atoms with van der Waals surface area (Å²) in [7, 11) is 1.35. The molecule has 0 radical (unpaired) electrons. The molecule has 4 nitrogen and oxygen atoms in total. The molecule has 0 atom stereocenters. The largest absolute Gasteiger partial charge is 0.465 e. The highest BCUT2D eigenvalue weighted by molar-refractivity contribution is 5.92. The van der Waals surface area contributed by atoms with Crippen molar-refractivity contribution in [2.24, 2.45) is 0 Å².